The monoisotopic (exact) mass is 1130 g/mol. The number of rotatable bonds is 11. The molecule has 1 saturated carbocycles. The molecule has 3 aliphatic carbocycles. The summed E-state index contributed by atoms with van der Waals surface area (Å²) in [5.74, 6) is 0. The highest BCUT2D eigenvalue weighted by molar-refractivity contribution is 6.28. The Morgan fingerprint density at radius 1 is 0.284 bits per heavy atom. The first kappa shape index (κ1) is 52.1. The van der Waals surface area contributed by atoms with Crippen molar-refractivity contribution >= 4 is 66.4 Å². The van der Waals surface area contributed by atoms with Crippen molar-refractivity contribution in [1.29, 1.82) is 0 Å². The Morgan fingerprint density at radius 2 is 0.580 bits per heavy atom. The van der Waals surface area contributed by atoms with E-state index in [9.17, 15) is 0 Å². The highest BCUT2D eigenvalue weighted by atomic mass is 15.1. The molecule has 2 heteroatoms. The van der Waals surface area contributed by atoms with Crippen LogP contribution in [0, 0.1) is 0 Å². The molecular weight excluding hydrogens is 1060 g/mol. The maximum Gasteiger partial charge on any atom is 0.0713 e. The van der Waals surface area contributed by atoms with Crippen LogP contribution < -0.4 is 9.80 Å². The van der Waals surface area contributed by atoms with E-state index in [0.717, 1.165) is 34.1 Å². The minimum absolute atomic E-state index is 0.00142. The van der Waals surface area contributed by atoms with Gasteiger partial charge in [-0.05, 0) is 184 Å². The zero-order chi connectivity index (χ0) is 58.9. The Hall–Kier alpha value is -10.3. The van der Waals surface area contributed by atoms with Crippen LogP contribution in [0.2, 0.25) is 0 Å². The summed E-state index contributed by atoms with van der Waals surface area (Å²) in [7, 11) is 0. The molecule has 0 saturated heterocycles. The Bertz CT molecular complexity index is 4590. The fraction of sp³-hybridized carbons (Fsp3) is 0.116. The third-order valence-electron chi connectivity index (χ3n) is 20.3. The number of nitrogens with zero attached hydrogens (tertiary/aromatic N) is 2. The number of hydrogen-bond donors (Lipinski definition) is 0. The maximum atomic E-state index is 2.51. The second-order valence-electron chi connectivity index (χ2n) is 26.2. The van der Waals surface area contributed by atoms with Gasteiger partial charge in [-0.15, -0.1) is 0 Å². The average Bonchev–Trinajstić information content (AvgIpc) is 1.53. The first-order valence-electron chi connectivity index (χ1n) is 31.4. The predicted octanol–water partition coefficient (Wildman–Crippen LogP) is 22.6. The van der Waals surface area contributed by atoms with Gasteiger partial charge in [-0.2, -0.15) is 0 Å². The van der Waals surface area contributed by atoms with Crippen molar-refractivity contribution in [3.63, 3.8) is 0 Å². The molecule has 0 bridgehead atoms. The SMILES string of the molecule is CC(C)(C)c1ccc(N(c2ccc(C3(c4ccccc4)c4ccccc4-c4ccccc43)cc2)c2ccc3ccc4c(N(c5ccc(C6(C)CC6)cc5)c5ccc(C6(c7ccccc7)c7ccccc7-c7ccccc76)cc5)ccc5ccc2c3c54)cc1. The predicted molar refractivity (Wildman–Crippen MR) is 369 cm³/mol. The van der Waals surface area contributed by atoms with Crippen molar-refractivity contribution in [3.8, 4) is 22.3 Å². The molecule has 0 aromatic heterocycles. The molecule has 88 heavy (non-hydrogen) atoms. The largest absolute Gasteiger partial charge is 0.310 e. The van der Waals surface area contributed by atoms with Gasteiger partial charge in [-0.1, -0.05) is 270 Å². The van der Waals surface area contributed by atoms with Gasteiger partial charge >= 0.3 is 0 Å². The van der Waals surface area contributed by atoms with E-state index in [2.05, 4.69) is 341 Å². The van der Waals surface area contributed by atoms with E-state index in [-0.39, 0.29) is 10.8 Å². The molecule has 0 amide bonds. The van der Waals surface area contributed by atoms with E-state index in [4.69, 9.17) is 0 Å². The van der Waals surface area contributed by atoms with Crippen molar-refractivity contribution in [2.45, 2.75) is 62.2 Å². The summed E-state index contributed by atoms with van der Waals surface area (Å²) < 4.78 is 0. The molecule has 0 spiro atoms. The lowest BCUT2D eigenvalue weighted by Gasteiger charge is -2.35. The van der Waals surface area contributed by atoms with Crippen molar-refractivity contribution in [1.82, 2.24) is 0 Å². The number of hydrogen-bond acceptors (Lipinski definition) is 2. The smallest absolute Gasteiger partial charge is 0.0713 e. The van der Waals surface area contributed by atoms with Crippen LogP contribution in [0.4, 0.5) is 34.1 Å². The Kier molecular flexibility index (Phi) is 11.6. The minimum Gasteiger partial charge on any atom is -0.310 e. The Labute approximate surface area is 516 Å². The van der Waals surface area contributed by atoms with Crippen LogP contribution in [0.25, 0.3) is 54.6 Å². The van der Waals surface area contributed by atoms with Crippen LogP contribution in [0.15, 0.2) is 303 Å². The highest BCUT2D eigenvalue weighted by Gasteiger charge is 2.48. The zero-order valence-electron chi connectivity index (χ0n) is 50.2. The van der Waals surface area contributed by atoms with Gasteiger partial charge in [0.1, 0.15) is 0 Å². The van der Waals surface area contributed by atoms with Gasteiger partial charge in [0.05, 0.1) is 22.2 Å². The number of fused-ring (bicyclic) bond motifs is 6. The fourth-order valence-electron chi connectivity index (χ4n) is 15.8. The lowest BCUT2D eigenvalue weighted by Crippen LogP contribution is -2.28. The lowest BCUT2D eigenvalue weighted by atomic mass is 9.68. The summed E-state index contributed by atoms with van der Waals surface area (Å²) in [5.41, 5.74) is 24.2. The molecule has 1 fully saturated rings. The summed E-state index contributed by atoms with van der Waals surface area (Å²) in [6.45, 7) is 9.30. The third-order valence-corrected chi connectivity index (χ3v) is 20.3. The van der Waals surface area contributed by atoms with Gasteiger partial charge in [-0.25, -0.2) is 0 Å². The van der Waals surface area contributed by atoms with Crippen molar-refractivity contribution < 1.29 is 0 Å². The van der Waals surface area contributed by atoms with Gasteiger partial charge in [0.15, 0.2) is 0 Å². The molecule has 0 radical (unpaired) electrons. The summed E-state index contributed by atoms with van der Waals surface area (Å²) in [4.78, 5) is 5.00. The van der Waals surface area contributed by atoms with Crippen molar-refractivity contribution in [3.05, 3.63) is 359 Å². The molecule has 2 nitrogen and oxygen atoms in total. The minimum atomic E-state index is -0.497. The molecule has 0 heterocycles. The summed E-state index contributed by atoms with van der Waals surface area (Å²) in [6, 6.07) is 115. The van der Waals surface area contributed by atoms with Gasteiger partial charge in [0, 0.05) is 33.5 Å². The average molecular weight is 1130 g/mol. The quantitative estimate of drug-likeness (QED) is 0.119. The Morgan fingerprint density at radius 3 is 0.920 bits per heavy atom. The maximum absolute atomic E-state index is 2.51. The van der Waals surface area contributed by atoms with E-state index in [1.807, 2.05) is 0 Å². The van der Waals surface area contributed by atoms with Gasteiger partial charge in [0.25, 0.3) is 0 Å². The Balaban J connectivity index is 0.840. The molecular formula is C86H66N2. The molecule has 17 rings (SSSR count). The normalized spacial score (nSPS) is 14.8. The second-order valence-corrected chi connectivity index (χ2v) is 26.2. The first-order valence-corrected chi connectivity index (χ1v) is 31.4. The molecule has 3 aliphatic rings. The molecule has 0 atom stereocenters. The number of benzene rings is 14. The lowest BCUT2D eigenvalue weighted by molar-refractivity contribution is 0.590. The molecule has 0 N–H and O–H groups in total. The molecule has 14 aromatic rings. The van der Waals surface area contributed by atoms with Crippen LogP contribution in [0.5, 0.6) is 0 Å². The zero-order valence-corrected chi connectivity index (χ0v) is 50.2. The van der Waals surface area contributed by atoms with Crippen molar-refractivity contribution in [2.24, 2.45) is 0 Å². The molecule has 14 aromatic carbocycles. The topological polar surface area (TPSA) is 6.48 Å². The standard InChI is InChI=1S/C86H66N2/c1-83(2,3)59-35-43-65(44-36-59)87(67-47-39-63(40-48-67)85(61-19-7-5-8-20-61)75-27-15-11-23-69(75)70-24-12-16-28-76(70)85)79-53-33-57-32-52-74-80(54-34-58-31-51-73(79)81(57)82(58)74)88(66-45-37-60(38-46-66)84(4)55-56-84)68-49-41-64(42-50-68)86(62-21-9-6-10-22-62)77-29-17-13-25-71(77)72-26-14-18-30-78(72)86/h5-54H,55-56H2,1-4H3. The number of anilines is 6. The van der Waals surface area contributed by atoms with Crippen LogP contribution in [0.1, 0.15) is 96.2 Å². The van der Waals surface area contributed by atoms with E-state index >= 15 is 0 Å². The van der Waals surface area contributed by atoms with Crippen LogP contribution in [-0.4, -0.2) is 0 Å². The van der Waals surface area contributed by atoms with Gasteiger partial charge in [0.2, 0.25) is 0 Å². The molecule has 0 unspecified atom stereocenters. The highest BCUT2D eigenvalue weighted by Crippen LogP contribution is 2.59. The van der Waals surface area contributed by atoms with Crippen molar-refractivity contribution in [2.75, 3.05) is 9.80 Å². The first-order chi connectivity index (χ1) is 43.1. The van der Waals surface area contributed by atoms with E-state index < -0.39 is 10.8 Å². The summed E-state index contributed by atoms with van der Waals surface area (Å²) >= 11 is 0. The van der Waals surface area contributed by atoms with Crippen LogP contribution >= 0.6 is 0 Å². The van der Waals surface area contributed by atoms with Gasteiger partial charge in [-0.3, -0.25) is 0 Å². The third kappa shape index (κ3) is 7.67. The molecule has 0 aliphatic heterocycles. The van der Waals surface area contributed by atoms with E-state index in [0.29, 0.717) is 0 Å². The summed E-state index contributed by atoms with van der Waals surface area (Å²) in [5, 5.41) is 7.39. The van der Waals surface area contributed by atoms with E-state index in [1.54, 1.807) is 0 Å². The van der Waals surface area contributed by atoms with Crippen LogP contribution in [-0.2, 0) is 21.7 Å². The van der Waals surface area contributed by atoms with E-state index in [1.165, 1.54) is 123 Å². The summed E-state index contributed by atoms with van der Waals surface area (Å²) in [6.07, 6.45) is 2.46. The van der Waals surface area contributed by atoms with Gasteiger partial charge < -0.3 is 9.80 Å². The van der Waals surface area contributed by atoms with Crippen LogP contribution in [0.3, 0.4) is 0 Å². The fourth-order valence-corrected chi connectivity index (χ4v) is 15.8. The second kappa shape index (κ2) is 19.6. The molecule has 420 valence electrons.